The van der Waals surface area contributed by atoms with Crippen LogP contribution in [-0.2, 0) is 10.8 Å². The highest BCUT2D eigenvalue weighted by atomic mass is 16.3. The number of fused-ring (bicyclic) bond motifs is 4. The Hall–Kier alpha value is -5.86. The first-order chi connectivity index (χ1) is 25.6. The molecule has 0 radical (unpaired) electrons. The van der Waals surface area contributed by atoms with Crippen molar-refractivity contribution in [2.45, 2.75) is 52.4 Å². The Labute approximate surface area is 313 Å². The lowest BCUT2D eigenvalue weighted by atomic mass is 9.59. The predicted octanol–water partition coefficient (Wildman–Crippen LogP) is 14.7. The highest BCUT2D eigenvalue weighted by Crippen LogP contribution is 2.63. The zero-order valence-electron chi connectivity index (χ0n) is 31.4. The molecule has 8 aromatic rings. The zero-order chi connectivity index (χ0) is 36.5. The molecule has 260 valence electrons. The Bertz CT molecular complexity index is 2620. The lowest BCUT2D eigenvalue weighted by Crippen LogP contribution is -2.42. The van der Waals surface area contributed by atoms with E-state index in [1.807, 2.05) is 0 Å². The van der Waals surface area contributed by atoms with Crippen molar-refractivity contribution in [3.05, 3.63) is 175 Å². The molecule has 2 nitrogen and oxygen atoms in total. The van der Waals surface area contributed by atoms with Gasteiger partial charge >= 0.3 is 0 Å². The van der Waals surface area contributed by atoms with Gasteiger partial charge in [-0.3, -0.25) is 0 Å². The molecule has 0 N–H and O–H groups in total. The van der Waals surface area contributed by atoms with Gasteiger partial charge < -0.3 is 9.32 Å². The first-order valence-electron chi connectivity index (χ1n) is 18.8. The third-order valence-electron chi connectivity index (χ3n) is 13.0. The summed E-state index contributed by atoms with van der Waals surface area (Å²) >= 11 is 0. The molecular formula is C51H45NO. The maximum absolute atomic E-state index is 6.78. The highest BCUT2D eigenvalue weighted by Gasteiger charge is 2.57. The molecule has 53 heavy (non-hydrogen) atoms. The van der Waals surface area contributed by atoms with Crippen molar-refractivity contribution < 1.29 is 4.42 Å². The third kappa shape index (κ3) is 5.00. The van der Waals surface area contributed by atoms with Crippen LogP contribution in [0, 0.1) is 5.41 Å². The highest BCUT2D eigenvalue weighted by molar-refractivity contribution is 6.11. The lowest BCUT2D eigenvalue weighted by Gasteiger charge is -2.44. The van der Waals surface area contributed by atoms with E-state index in [0.29, 0.717) is 0 Å². The second-order valence-corrected chi connectivity index (χ2v) is 16.2. The van der Waals surface area contributed by atoms with E-state index in [2.05, 4.69) is 210 Å². The van der Waals surface area contributed by atoms with Gasteiger partial charge in [0.05, 0.1) is 11.4 Å². The summed E-state index contributed by atoms with van der Waals surface area (Å²) in [5.41, 5.74) is 14.8. The Morgan fingerprint density at radius 2 is 0.962 bits per heavy atom. The minimum absolute atomic E-state index is 0.00624. The van der Waals surface area contributed by atoms with Gasteiger partial charge in [0.25, 0.3) is 0 Å². The molecule has 1 aliphatic carbocycles. The summed E-state index contributed by atoms with van der Waals surface area (Å²) < 4.78 is 6.78. The average molecular weight is 688 g/mol. The second-order valence-electron chi connectivity index (χ2n) is 16.2. The normalized spacial score (nSPS) is 15.4. The van der Waals surface area contributed by atoms with E-state index >= 15 is 0 Å². The van der Waals surface area contributed by atoms with Gasteiger partial charge in [-0.25, -0.2) is 0 Å². The van der Waals surface area contributed by atoms with Crippen molar-refractivity contribution in [2.24, 2.45) is 5.41 Å². The molecule has 0 saturated carbocycles. The van der Waals surface area contributed by atoms with E-state index < -0.39 is 0 Å². The molecule has 0 saturated heterocycles. The number of hydrogen-bond acceptors (Lipinski definition) is 2. The summed E-state index contributed by atoms with van der Waals surface area (Å²) in [6.45, 7) is 14.6. The fourth-order valence-electron chi connectivity index (χ4n) is 8.81. The van der Waals surface area contributed by atoms with E-state index in [9.17, 15) is 0 Å². The molecule has 1 aliphatic rings. The van der Waals surface area contributed by atoms with Gasteiger partial charge in [-0.05, 0) is 80.5 Å². The van der Waals surface area contributed by atoms with Crippen molar-refractivity contribution in [1.29, 1.82) is 0 Å². The fraction of sp³-hybridized carbons (Fsp3) is 0.176. The number of rotatable bonds is 6. The van der Waals surface area contributed by atoms with Crippen LogP contribution in [0.5, 0.6) is 0 Å². The Morgan fingerprint density at radius 1 is 0.415 bits per heavy atom. The molecule has 0 spiro atoms. The SMILES string of the molecule is CC1(C)c2cc(-c3cccc4c3oc3ccccc34)c(N(c3ccc(-c4ccccc4)cc3)c3ccccc3-c3ccccc3)cc2C(C)(C)C1(C)C. The number of anilines is 3. The van der Waals surface area contributed by atoms with E-state index in [1.165, 1.54) is 33.4 Å². The molecule has 0 unspecified atom stereocenters. The molecule has 0 atom stereocenters. The van der Waals surface area contributed by atoms with Crippen LogP contribution < -0.4 is 4.90 Å². The molecule has 0 aliphatic heterocycles. The molecule has 1 heterocycles. The van der Waals surface area contributed by atoms with Crippen LogP contribution in [0.15, 0.2) is 168 Å². The monoisotopic (exact) mass is 687 g/mol. The van der Waals surface area contributed by atoms with Crippen LogP contribution in [0.25, 0.3) is 55.3 Å². The van der Waals surface area contributed by atoms with Crippen LogP contribution in [0.3, 0.4) is 0 Å². The van der Waals surface area contributed by atoms with Gasteiger partial charge in [-0.15, -0.1) is 0 Å². The number of hydrogen-bond donors (Lipinski definition) is 0. The van der Waals surface area contributed by atoms with Gasteiger partial charge in [-0.1, -0.05) is 169 Å². The van der Waals surface area contributed by atoms with Gasteiger partial charge in [0, 0.05) is 33.2 Å². The van der Waals surface area contributed by atoms with E-state index in [-0.39, 0.29) is 16.2 Å². The van der Waals surface area contributed by atoms with E-state index in [4.69, 9.17) is 4.42 Å². The van der Waals surface area contributed by atoms with Gasteiger partial charge in [0.1, 0.15) is 11.2 Å². The topological polar surface area (TPSA) is 16.4 Å². The molecule has 9 rings (SSSR count). The fourth-order valence-corrected chi connectivity index (χ4v) is 8.81. The number of para-hydroxylation sites is 3. The molecule has 1 aromatic heterocycles. The summed E-state index contributed by atoms with van der Waals surface area (Å²) in [6.07, 6.45) is 0. The van der Waals surface area contributed by atoms with Gasteiger partial charge in [0.2, 0.25) is 0 Å². The first-order valence-corrected chi connectivity index (χ1v) is 18.8. The van der Waals surface area contributed by atoms with Gasteiger partial charge in [0.15, 0.2) is 0 Å². The van der Waals surface area contributed by atoms with Crippen molar-refractivity contribution >= 4 is 39.0 Å². The van der Waals surface area contributed by atoms with Crippen molar-refractivity contribution in [3.8, 4) is 33.4 Å². The molecule has 7 aromatic carbocycles. The maximum Gasteiger partial charge on any atom is 0.143 e. The largest absolute Gasteiger partial charge is 0.455 e. The summed E-state index contributed by atoms with van der Waals surface area (Å²) in [6, 6.07) is 59.3. The smallest absolute Gasteiger partial charge is 0.143 e. The summed E-state index contributed by atoms with van der Waals surface area (Å²) in [4.78, 5) is 2.49. The number of benzene rings is 7. The Kier molecular flexibility index (Phi) is 7.54. The van der Waals surface area contributed by atoms with Crippen LogP contribution in [0.2, 0.25) is 0 Å². The summed E-state index contributed by atoms with van der Waals surface area (Å²) in [7, 11) is 0. The molecule has 2 heteroatoms. The molecule has 0 bridgehead atoms. The number of furan rings is 1. The molecule has 0 fully saturated rings. The van der Waals surface area contributed by atoms with E-state index in [0.717, 1.165) is 50.1 Å². The first kappa shape index (κ1) is 33.0. The minimum atomic E-state index is -0.0910. The van der Waals surface area contributed by atoms with Crippen LogP contribution >= 0.6 is 0 Å². The predicted molar refractivity (Wildman–Crippen MR) is 225 cm³/mol. The second kappa shape index (κ2) is 12.1. The van der Waals surface area contributed by atoms with Crippen LogP contribution in [0.1, 0.15) is 52.7 Å². The zero-order valence-corrected chi connectivity index (χ0v) is 31.4. The van der Waals surface area contributed by atoms with Crippen molar-refractivity contribution in [3.63, 3.8) is 0 Å². The van der Waals surface area contributed by atoms with Gasteiger partial charge in [-0.2, -0.15) is 0 Å². The summed E-state index contributed by atoms with van der Waals surface area (Å²) in [5, 5.41) is 2.27. The molecule has 0 amide bonds. The maximum atomic E-state index is 6.78. The van der Waals surface area contributed by atoms with Crippen LogP contribution in [0.4, 0.5) is 17.1 Å². The number of nitrogens with zero attached hydrogens (tertiary/aromatic N) is 1. The molecular weight excluding hydrogens is 643 g/mol. The van der Waals surface area contributed by atoms with Crippen LogP contribution in [-0.4, -0.2) is 0 Å². The standard InChI is InChI=1S/C51H45NO/c1-49(2)43-32-42(41-25-17-24-40-39-23-14-16-27-47(39)53-48(40)41)46(33-44(43)50(3,4)51(49,5)6)52(37-30-28-35(29-31-37)34-18-9-7-10-19-34)45-26-15-13-22-38(45)36-20-11-8-12-21-36/h7-33H,1-6H3. The minimum Gasteiger partial charge on any atom is -0.455 e. The Morgan fingerprint density at radius 3 is 1.68 bits per heavy atom. The van der Waals surface area contributed by atoms with Crippen molar-refractivity contribution in [1.82, 2.24) is 0 Å². The van der Waals surface area contributed by atoms with E-state index in [1.54, 1.807) is 0 Å². The summed E-state index contributed by atoms with van der Waals surface area (Å²) in [5.74, 6) is 0. The third-order valence-corrected chi connectivity index (χ3v) is 13.0. The lowest BCUT2D eigenvalue weighted by molar-refractivity contribution is 0.125. The Balaban J connectivity index is 1.38. The quantitative estimate of drug-likeness (QED) is 0.173. The van der Waals surface area contributed by atoms with Crippen molar-refractivity contribution in [2.75, 3.05) is 4.90 Å². The average Bonchev–Trinajstić information content (AvgIpc) is 3.62.